The minimum atomic E-state index is -2.25. The first-order chi connectivity index (χ1) is 54.8. The summed E-state index contributed by atoms with van der Waals surface area (Å²) in [6.45, 7) is 0.709. The number of aromatic hydroxyl groups is 1. The van der Waals surface area contributed by atoms with Crippen molar-refractivity contribution in [2.45, 2.75) is 169 Å². The second-order valence-electron chi connectivity index (χ2n) is 26.3. The van der Waals surface area contributed by atoms with Gasteiger partial charge in [-0.1, -0.05) is 55.3 Å². The lowest BCUT2D eigenvalue weighted by molar-refractivity contribution is -0.143. The van der Waals surface area contributed by atoms with Crippen LogP contribution in [0, 0.1) is 0 Å². The topological polar surface area (TPSA) is 756 Å². The molecule has 116 heavy (non-hydrogen) atoms. The zero-order chi connectivity index (χ0) is 86.2. The normalized spacial score (nSPS) is 26.6. The third kappa shape index (κ3) is 31.3. The number of hydrogen-bond donors (Lipinski definition) is 24. The number of aliphatic carboxylic acids is 2. The number of amides is 19. The van der Waals surface area contributed by atoms with E-state index in [1.54, 1.807) is 0 Å². The van der Waals surface area contributed by atoms with Crippen LogP contribution in [0.5, 0.6) is 5.75 Å². The number of imidazole rings is 1. The molecule has 5 rings (SSSR count). The Hall–Kier alpha value is -11.6. The molecule has 0 radical (unpaired) electrons. The van der Waals surface area contributed by atoms with Gasteiger partial charge in [-0.3, -0.25) is 95.9 Å². The van der Waals surface area contributed by atoms with E-state index in [-0.39, 0.29) is 42.8 Å². The summed E-state index contributed by atoms with van der Waals surface area (Å²) in [7, 11) is 2.72. The maximum Gasteiger partial charge on any atom is 0.327 e. The molecule has 2 aromatic rings. The summed E-state index contributed by atoms with van der Waals surface area (Å²) in [5.74, 6) is -29.0. The number of aliphatic hydroxyl groups excluding tert-OH is 1. The van der Waals surface area contributed by atoms with E-state index in [4.69, 9.17) is 22.9 Å². The van der Waals surface area contributed by atoms with Crippen LogP contribution in [0.3, 0.4) is 0 Å². The number of aromatic nitrogens is 2. The van der Waals surface area contributed by atoms with Crippen molar-refractivity contribution in [1.29, 1.82) is 0 Å². The molecule has 15 atom stereocenters. The first-order valence-corrected chi connectivity index (χ1v) is 40.4. The number of phenolic OH excluding ortho intramolecular Hbond substituents is 1. The predicted molar refractivity (Wildman–Crippen MR) is 408 cm³/mol. The molecule has 1 aromatic carbocycles. The van der Waals surface area contributed by atoms with Crippen molar-refractivity contribution in [3.05, 3.63) is 48.0 Å². The van der Waals surface area contributed by atoms with Crippen molar-refractivity contribution in [3.63, 3.8) is 0 Å². The van der Waals surface area contributed by atoms with E-state index < -0.39 is 296 Å². The largest absolute Gasteiger partial charge is 0.508 e. The summed E-state index contributed by atoms with van der Waals surface area (Å²) in [5, 5.41) is 75.8. The zero-order valence-corrected chi connectivity index (χ0v) is 65.6. The Kier molecular flexibility index (Phi) is 38.2. The Morgan fingerprint density at radius 3 is 1.52 bits per heavy atom. The number of carbonyl (C=O) groups is 21. The van der Waals surface area contributed by atoms with Gasteiger partial charge in [-0.15, -0.1) is 0 Å². The Balaban J connectivity index is 1.67. The van der Waals surface area contributed by atoms with Crippen molar-refractivity contribution in [2.75, 3.05) is 49.3 Å². The summed E-state index contributed by atoms with van der Waals surface area (Å²) in [6.07, 6.45) is -3.18. The van der Waals surface area contributed by atoms with Crippen LogP contribution in [0.25, 0.3) is 0 Å². The van der Waals surface area contributed by atoms with E-state index in [9.17, 15) is 121 Å². The van der Waals surface area contributed by atoms with Crippen molar-refractivity contribution in [1.82, 2.24) is 94.6 Å². The van der Waals surface area contributed by atoms with E-state index in [1.165, 1.54) is 31.6 Å². The van der Waals surface area contributed by atoms with Crippen molar-refractivity contribution in [3.8, 4) is 5.75 Å². The van der Waals surface area contributed by atoms with Gasteiger partial charge in [0, 0.05) is 60.7 Å². The number of primary amides is 3. The maximum absolute atomic E-state index is 14.7. The number of fused-ring (bicyclic) bond motifs is 9. The number of aliphatic hydroxyl groups is 1. The number of nitrogens with zero attached hydrogens (tertiary/aromatic N) is 2. The van der Waals surface area contributed by atoms with Gasteiger partial charge in [-0.05, 0) is 57.7 Å². The number of nitrogens with two attached hydrogens (primary N) is 4. The van der Waals surface area contributed by atoms with Gasteiger partial charge in [0.2, 0.25) is 112 Å². The Morgan fingerprint density at radius 2 is 0.974 bits per heavy atom. The van der Waals surface area contributed by atoms with Gasteiger partial charge in [-0.2, -0.15) is 0 Å². The van der Waals surface area contributed by atoms with Gasteiger partial charge in [0.05, 0.1) is 45.3 Å². The van der Waals surface area contributed by atoms with Crippen LogP contribution in [0.2, 0.25) is 0 Å². The molecule has 0 spiro atoms. The van der Waals surface area contributed by atoms with Crippen LogP contribution in [0.1, 0.15) is 77.0 Å². The number of H-pyrrole nitrogens is 1. The van der Waals surface area contributed by atoms with Crippen molar-refractivity contribution >= 4 is 167 Å². The fourth-order valence-corrected chi connectivity index (χ4v) is 15.6. The lowest BCUT2D eigenvalue weighted by Gasteiger charge is -2.30. The molecule has 4 heterocycles. The standard InChI is InChI=1S/C65H92N22O25S4/c1-27-51(97)73-28(2)52(98)78-35(15-46(68)91)57(103)80-36(16-47(69)92)56(102)77-33(10-11-45(67)90)54(100)81-37(17-50(95)96)58(104)79-34(13-30-6-8-32(89)9-7-30)55(101)86-43(65(111)112)25-116-115-24-42-62(108)83-39(21-88)59(105)82-38(14-31-19-70-26-72-31)64(110)87-12-4-5-44(87)63(109)75-29(3)53(99)84-41(60(106)74-27)23-114-113-22-40(61(107)85-42)76-49(94)20-71-48(93)18-66/h6-9,19,26-29,33-44,88-89H,4-5,10-18,20-25,66H2,1-3H3,(H2,67,90)(H2,68,91)(H2,69,92)(H,70,72)(H,71,93)(H,73,97)(H,74,106)(H,75,109)(H,76,94)(H,77,102)(H,78,98)(H,79,104)(H,80,103)(H,81,100)(H,82,105)(H,83,108)(H,84,99)(H,85,107)(H,86,101)(H,95,96)(H,111,112)/t27-,28-,29-,33-,34-,35-,36-,37-,38-,39-,40-,41-,42-,43-,44-/m0/s1. The van der Waals surface area contributed by atoms with Crippen LogP contribution >= 0.6 is 43.2 Å². The quantitative estimate of drug-likeness (QED) is 0.0581. The predicted octanol–water partition coefficient (Wildman–Crippen LogP) is -11.8. The van der Waals surface area contributed by atoms with Gasteiger partial charge < -0.3 is 133 Å². The van der Waals surface area contributed by atoms with Crippen LogP contribution in [-0.2, 0) is 114 Å². The van der Waals surface area contributed by atoms with E-state index in [1.807, 2.05) is 0 Å². The second-order valence-corrected chi connectivity index (χ2v) is 31.5. The Labute approximate surface area is 675 Å². The molecule has 0 unspecified atom stereocenters. The maximum atomic E-state index is 14.7. The molecule has 51 heteroatoms. The van der Waals surface area contributed by atoms with Gasteiger partial charge in [0.15, 0.2) is 0 Å². The summed E-state index contributed by atoms with van der Waals surface area (Å²) in [5.41, 5.74) is 22.1. The minimum Gasteiger partial charge on any atom is -0.508 e. The molecule has 3 aliphatic heterocycles. The van der Waals surface area contributed by atoms with Gasteiger partial charge in [-0.25, -0.2) is 9.78 Å². The van der Waals surface area contributed by atoms with Crippen LogP contribution < -0.4 is 103 Å². The van der Waals surface area contributed by atoms with E-state index in [0.29, 0.717) is 21.6 Å². The molecule has 3 saturated heterocycles. The van der Waals surface area contributed by atoms with Gasteiger partial charge in [0.1, 0.15) is 96.4 Å². The Bertz CT molecular complexity index is 3980. The first kappa shape index (κ1) is 95.0. The number of hydrogen-bond acceptors (Lipinski definition) is 29. The molecule has 47 nitrogen and oxygen atoms in total. The smallest absolute Gasteiger partial charge is 0.327 e. The molecule has 3 fully saturated rings. The van der Waals surface area contributed by atoms with Crippen LogP contribution in [0.15, 0.2) is 36.8 Å². The summed E-state index contributed by atoms with van der Waals surface area (Å²) < 4.78 is 0. The highest BCUT2D eigenvalue weighted by atomic mass is 33.1. The van der Waals surface area contributed by atoms with Gasteiger partial charge in [0.25, 0.3) is 0 Å². The van der Waals surface area contributed by atoms with Crippen LogP contribution in [-0.4, -0.2) is 299 Å². The molecule has 19 amide bonds. The molecular formula is C65H92N22O25S4. The van der Waals surface area contributed by atoms with E-state index in [2.05, 4.69) is 89.7 Å². The molecule has 3 aliphatic rings. The van der Waals surface area contributed by atoms with Crippen molar-refractivity contribution < 1.29 is 121 Å². The number of carboxylic acids is 2. The molecule has 1 aromatic heterocycles. The average molecular weight is 1710 g/mol. The van der Waals surface area contributed by atoms with Crippen LogP contribution in [0.4, 0.5) is 0 Å². The number of aromatic amines is 1. The lowest BCUT2D eigenvalue weighted by atomic mass is 10.0. The second kappa shape index (κ2) is 46.7. The van der Waals surface area contributed by atoms with E-state index in [0.717, 1.165) is 52.5 Å². The fourth-order valence-electron chi connectivity index (χ4n) is 11.0. The fraction of sp³-hybridized carbons (Fsp3) is 0.538. The highest BCUT2D eigenvalue weighted by molar-refractivity contribution is 8.77. The molecule has 0 aliphatic carbocycles. The van der Waals surface area contributed by atoms with Gasteiger partial charge >= 0.3 is 11.9 Å². The average Bonchev–Trinajstić information content (AvgIpc) is 1.64. The number of rotatable bonds is 19. The third-order valence-corrected chi connectivity index (χ3v) is 22.0. The van der Waals surface area contributed by atoms with E-state index >= 15 is 0 Å². The number of carbonyl (C=O) groups excluding carboxylic acids is 19. The summed E-state index contributed by atoms with van der Waals surface area (Å²) >= 11 is 0. The van der Waals surface area contributed by atoms with Crippen molar-refractivity contribution in [2.24, 2.45) is 22.9 Å². The Morgan fingerprint density at radius 1 is 0.509 bits per heavy atom. The molecule has 2 bridgehead atoms. The molecule has 28 N–H and O–H groups in total. The highest BCUT2D eigenvalue weighted by Gasteiger charge is 2.42. The lowest BCUT2D eigenvalue weighted by Crippen LogP contribution is -2.61. The highest BCUT2D eigenvalue weighted by Crippen LogP contribution is 2.27. The SMILES string of the molecule is C[C@@H]1NC(=O)[C@H](C)NC(=O)[C@@H]2CSSC[C@H](NC(=O)CNC(=O)CN)C(=O)N[C@@H](CSSC[C@@H](C(=O)O)NC(=O)[C@H](Cc3ccc(O)cc3)NC(=O)[C@H](CC(=O)O)NC(=O)[C@H](CCC(N)=O)NC(=O)[C@H](CC(N)=O)NC(=O)[C@H](CC(N)=O)NC1=O)C(=O)N[C@@H](CO)C(=O)N[C@@H](Cc1cnc[nH]1)C(=O)N1CCC[C@H]1C(=O)N[C@@H](C)C(=O)N2. The molecule has 0 saturated carbocycles. The number of carboxylic acid groups (broad SMARTS) is 2. The number of nitrogens with one attached hydrogen (secondary N) is 16. The monoisotopic (exact) mass is 1710 g/mol. The third-order valence-electron chi connectivity index (χ3n) is 17.2. The zero-order valence-electron chi connectivity index (χ0n) is 62.3. The number of phenols is 1. The number of benzene rings is 1. The summed E-state index contributed by atoms with van der Waals surface area (Å²) in [6, 6.07) is -22.8. The molecule has 636 valence electrons. The summed E-state index contributed by atoms with van der Waals surface area (Å²) in [4.78, 5) is 297. The first-order valence-electron chi connectivity index (χ1n) is 35.4. The molecular weight excluding hydrogens is 1620 g/mol. The minimum absolute atomic E-state index is 0.0120.